The first kappa shape index (κ1) is 14.8. The van der Waals surface area contributed by atoms with E-state index in [0.29, 0.717) is 0 Å². The Labute approximate surface area is 128 Å². The molecule has 1 aromatic heterocycles. The van der Waals surface area contributed by atoms with Gasteiger partial charge >= 0.3 is 0 Å². The molecule has 2 rings (SSSR count). The molecule has 0 bridgehead atoms. The lowest BCUT2D eigenvalue weighted by molar-refractivity contribution is 0.569. The molecule has 0 aliphatic carbocycles. The van der Waals surface area contributed by atoms with E-state index in [-0.39, 0.29) is 11.5 Å². The monoisotopic (exact) mass is 337 g/mol. The number of thiophene rings is 1. The number of halogens is 1. The Morgan fingerprint density at radius 3 is 2.42 bits per heavy atom. The minimum atomic E-state index is 0.0565. The molecule has 1 heterocycles. The second-order valence-electron chi connectivity index (χ2n) is 5.85. The maximum atomic E-state index is 6.43. The normalized spacial score (nSPS) is 13.5. The largest absolute Gasteiger partial charge is 0.324 e. The van der Waals surface area contributed by atoms with E-state index in [1.807, 2.05) is 0 Å². The molecule has 0 fully saturated rings. The van der Waals surface area contributed by atoms with E-state index in [9.17, 15) is 0 Å². The van der Waals surface area contributed by atoms with E-state index in [4.69, 9.17) is 5.73 Å². The van der Waals surface area contributed by atoms with Gasteiger partial charge in [-0.25, -0.2) is 0 Å². The molecular formula is C16H20BrNS. The van der Waals surface area contributed by atoms with Crippen molar-refractivity contribution in [3.8, 4) is 0 Å². The smallest absolute Gasteiger partial charge is 0.0701 e. The van der Waals surface area contributed by atoms with E-state index >= 15 is 0 Å². The second kappa shape index (κ2) is 5.78. The van der Waals surface area contributed by atoms with Crippen molar-refractivity contribution < 1.29 is 0 Å². The predicted molar refractivity (Wildman–Crippen MR) is 87.8 cm³/mol. The molecule has 0 aliphatic heterocycles. The highest BCUT2D eigenvalue weighted by atomic mass is 79.9. The zero-order chi connectivity index (χ0) is 14.0. The van der Waals surface area contributed by atoms with Gasteiger partial charge in [0, 0.05) is 17.3 Å². The minimum absolute atomic E-state index is 0.0565. The Bertz CT molecular complexity index is 554. The van der Waals surface area contributed by atoms with Crippen LogP contribution in [0.3, 0.4) is 0 Å². The van der Waals surface area contributed by atoms with Gasteiger partial charge in [0.2, 0.25) is 0 Å². The molecular weight excluding hydrogens is 318 g/mol. The van der Waals surface area contributed by atoms with E-state index < -0.39 is 0 Å². The van der Waals surface area contributed by atoms with Gasteiger partial charge in [-0.15, -0.1) is 11.3 Å². The third-order valence-corrected chi connectivity index (χ3v) is 4.86. The number of rotatable bonds is 3. The molecule has 1 aromatic carbocycles. The summed E-state index contributed by atoms with van der Waals surface area (Å²) in [5, 5.41) is 0. The van der Waals surface area contributed by atoms with Crippen LogP contribution in [0, 0.1) is 0 Å². The summed E-state index contributed by atoms with van der Waals surface area (Å²) >= 11 is 5.26. The first-order valence-electron chi connectivity index (χ1n) is 6.47. The minimum Gasteiger partial charge on any atom is -0.324 e. The molecule has 1 nitrogen and oxygen atoms in total. The average Bonchev–Trinajstić information content (AvgIpc) is 2.73. The third kappa shape index (κ3) is 3.68. The van der Waals surface area contributed by atoms with Crippen LogP contribution >= 0.6 is 27.3 Å². The van der Waals surface area contributed by atoms with Gasteiger partial charge in [0.15, 0.2) is 0 Å². The van der Waals surface area contributed by atoms with Gasteiger partial charge in [0.05, 0.1) is 3.79 Å². The predicted octanol–water partition coefficient (Wildman–Crippen LogP) is 5.05. The lowest BCUT2D eigenvalue weighted by Gasteiger charge is -2.25. The van der Waals surface area contributed by atoms with Gasteiger partial charge < -0.3 is 5.73 Å². The van der Waals surface area contributed by atoms with Crippen LogP contribution in [-0.2, 0) is 11.8 Å². The first-order valence-corrected chi connectivity index (χ1v) is 8.08. The van der Waals surface area contributed by atoms with Gasteiger partial charge in [-0.3, -0.25) is 0 Å². The van der Waals surface area contributed by atoms with Crippen LogP contribution in [0.2, 0.25) is 0 Å². The molecule has 0 amide bonds. The van der Waals surface area contributed by atoms with Crippen molar-refractivity contribution in [2.24, 2.45) is 5.73 Å². The summed E-state index contributed by atoms with van der Waals surface area (Å²) in [6.45, 7) is 6.71. The Balaban J connectivity index is 2.26. The molecule has 1 atom stereocenters. The molecule has 2 aromatic rings. The maximum absolute atomic E-state index is 6.43. The quantitative estimate of drug-likeness (QED) is 0.833. The van der Waals surface area contributed by atoms with Crippen molar-refractivity contribution in [1.82, 2.24) is 0 Å². The van der Waals surface area contributed by atoms with Crippen LogP contribution in [0.4, 0.5) is 0 Å². The zero-order valence-corrected chi connectivity index (χ0v) is 14.0. The highest BCUT2D eigenvalue weighted by molar-refractivity contribution is 9.11. The SMILES string of the molecule is CC(C)(C)c1ccccc1C(N)Cc1ccc(Br)s1. The summed E-state index contributed by atoms with van der Waals surface area (Å²) in [4.78, 5) is 1.32. The summed E-state index contributed by atoms with van der Waals surface area (Å²) in [5.41, 5.74) is 9.16. The van der Waals surface area contributed by atoms with Crippen LogP contribution in [0.1, 0.15) is 42.8 Å². The van der Waals surface area contributed by atoms with Crippen LogP contribution in [0.5, 0.6) is 0 Å². The summed E-state index contributed by atoms with van der Waals surface area (Å²) in [6.07, 6.45) is 0.892. The maximum Gasteiger partial charge on any atom is 0.0701 e. The number of benzene rings is 1. The fraction of sp³-hybridized carbons (Fsp3) is 0.375. The van der Waals surface area contributed by atoms with E-state index in [1.54, 1.807) is 11.3 Å². The van der Waals surface area contributed by atoms with Crippen molar-refractivity contribution in [1.29, 1.82) is 0 Å². The van der Waals surface area contributed by atoms with E-state index in [0.717, 1.165) is 6.42 Å². The summed E-state index contributed by atoms with van der Waals surface area (Å²) in [7, 11) is 0. The Hall–Kier alpha value is -0.640. The zero-order valence-electron chi connectivity index (χ0n) is 11.6. The van der Waals surface area contributed by atoms with Crippen LogP contribution in [0.25, 0.3) is 0 Å². The van der Waals surface area contributed by atoms with Gasteiger partial charge in [0.1, 0.15) is 0 Å². The van der Waals surface area contributed by atoms with E-state index in [2.05, 4.69) is 73.1 Å². The molecule has 3 heteroatoms. The first-order chi connectivity index (χ1) is 8.88. The molecule has 0 spiro atoms. The molecule has 19 heavy (non-hydrogen) atoms. The molecule has 102 valence electrons. The lowest BCUT2D eigenvalue weighted by Crippen LogP contribution is -2.21. The average molecular weight is 338 g/mol. The fourth-order valence-electron chi connectivity index (χ4n) is 2.29. The molecule has 0 saturated carbocycles. The van der Waals surface area contributed by atoms with Crippen LogP contribution in [0.15, 0.2) is 40.2 Å². The van der Waals surface area contributed by atoms with Crippen molar-refractivity contribution >= 4 is 27.3 Å². The van der Waals surface area contributed by atoms with Crippen molar-refractivity contribution in [3.63, 3.8) is 0 Å². The van der Waals surface area contributed by atoms with Crippen LogP contribution < -0.4 is 5.73 Å². The van der Waals surface area contributed by atoms with Crippen molar-refractivity contribution in [3.05, 3.63) is 56.2 Å². The molecule has 2 N–H and O–H groups in total. The molecule has 0 radical (unpaired) electrons. The van der Waals surface area contributed by atoms with Crippen molar-refractivity contribution in [2.75, 3.05) is 0 Å². The number of hydrogen-bond acceptors (Lipinski definition) is 2. The van der Waals surface area contributed by atoms with E-state index in [1.165, 1.54) is 19.8 Å². The third-order valence-electron chi connectivity index (χ3n) is 3.22. The van der Waals surface area contributed by atoms with Gasteiger partial charge in [-0.05, 0) is 44.6 Å². The van der Waals surface area contributed by atoms with Gasteiger partial charge in [-0.1, -0.05) is 45.0 Å². The highest BCUT2D eigenvalue weighted by Gasteiger charge is 2.20. The highest BCUT2D eigenvalue weighted by Crippen LogP contribution is 2.31. The second-order valence-corrected chi connectivity index (χ2v) is 8.40. The molecule has 0 aliphatic rings. The van der Waals surface area contributed by atoms with Gasteiger partial charge in [0.25, 0.3) is 0 Å². The van der Waals surface area contributed by atoms with Crippen LogP contribution in [-0.4, -0.2) is 0 Å². The Kier molecular flexibility index (Phi) is 4.49. The standard InChI is InChI=1S/C16H20BrNS/c1-16(2,3)13-7-5-4-6-12(13)14(18)10-11-8-9-15(17)19-11/h4-9,14H,10,18H2,1-3H3. The summed E-state index contributed by atoms with van der Waals surface area (Å²) in [6, 6.07) is 12.8. The fourth-order valence-corrected chi connectivity index (χ4v) is 3.83. The molecule has 1 unspecified atom stereocenters. The molecule has 0 saturated heterocycles. The lowest BCUT2D eigenvalue weighted by atomic mass is 9.81. The summed E-state index contributed by atoms with van der Waals surface area (Å²) in [5.74, 6) is 0. The van der Waals surface area contributed by atoms with Crippen molar-refractivity contribution in [2.45, 2.75) is 38.6 Å². The number of nitrogens with two attached hydrogens (primary N) is 1. The number of hydrogen-bond donors (Lipinski definition) is 1. The summed E-state index contributed by atoms with van der Waals surface area (Å²) < 4.78 is 1.17. The Morgan fingerprint density at radius 2 is 1.84 bits per heavy atom. The van der Waals surface area contributed by atoms with Gasteiger partial charge in [-0.2, -0.15) is 0 Å². The Morgan fingerprint density at radius 1 is 1.16 bits per heavy atom. The topological polar surface area (TPSA) is 26.0 Å².